The maximum Gasteiger partial charge on any atom is 0.144 e. The third-order valence-electron chi connectivity index (χ3n) is 1.50. The standard InChI is InChI=1S/C9H12BFO/c1-6(2)12-9-4-3-7(11)5-8(9)10/h3-6H,10H2,1-2H3. The van der Waals surface area contributed by atoms with Crippen LogP contribution in [0.4, 0.5) is 4.39 Å². The molecule has 0 fully saturated rings. The molecule has 0 radical (unpaired) electrons. The lowest BCUT2D eigenvalue weighted by molar-refractivity contribution is 0.244. The molecular formula is C9H12BFO. The molecule has 64 valence electrons. The molecule has 0 atom stereocenters. The van der Waals surface area contributed by atoms with E-state index in [-0.39, 0.29) is 11.9 Å². The third kappa shape index (κ3) is 2.26. The average Bonchev–Trinajstić information content (AvgIpc) is 1.94. The summed E-state index contributed by atoms with van der Waals surface area (Å²) >= 11 is 0. The summed E-state index contributed by atoms with van der Waals surface area (Å²) in [6.45, 7) is 3.89. The zero-order chi connectivity index (χ0) is 9.14. The molecule has 0 aliphatic rings. The molecule has 0 aromatic heterocycles. The highest BCUT2D eigenvalue weighted by atomic mass is 19.1. The van der Waals surface area contributed by atoms with Gasteiger partial charge in [-0.2, -0.15) is 0 Å². The molecule has 12 heavy (non-hydrogen) atoms. The van der Waals surface area contributed by atoms with Gasteiger partial charge in [-0.05, 0) is 37.5 Å². The first-order valence-corrected chi connectivity index (χ1v) is 4.02. The molecule has 1 aromatic rings. The highest BCUT2D eigenvalue weighted by molar-refractivity contribution is 6.34. The number of halogens is 1. The lowest BCUT2D eigenvalue weighted by atomic mass is 9.95. The molecule has 0 heterocycles. The van der Waals surface area contributed by atoms with Gasteiger partial charge in [0.1, 0.15) is 19.4 Å². The highest BCUT2D eigenvalue weighted by Crippen LogP contribution is 2.09. The van der Waals surface area contributed by atoms with E-state index < -0.39 is 0 Å². The van der Waals surface area contributed by atoms with Gasteiger partial charge in [-0.25, -0.2) is 4.39 Å². The highest BCUT2D eigenvalue weighted by Gasteiger charge is 2.01. The van der Waals surface area contributed by atoms with Gasteiger partial charge in [0.25, 0.3) is 0 Å². The van der Waals surface area contributed by atoms with Gasteiger partial charge in [0.05, 0.1) is 6.10 Å². The Balaban J connectivity index is 2.86. The maximum atomic E-state index is 12.6. The van der Waals surface area contributed by atoms with Gasteiger partial charge in [0, 0.05) is 0 Å². The van der Waals surface area contributed by atoms with Crippen LogP contribution in [0.3, 0.4) is 0 Å². The van der Waals surface area contributed by atoms with Crippen molar-refractivity contribution in [2.75, 3.05) is 0 Å². The predicted molar refractivity (Wildman–Crippen MR) is 50.3 cm³/mol. The minimum atomic E-state index is -0.219. The van der Waals surface area contributed by atoms with Crippen LogP contribution in [0.15, 0.2) is 18.2 Å². The Kier molecular flexibility index (Phi) is 2.74. The van der Waals surface area contributed by atoms with Crippen molar-refractivity contribution in [3.8, 4) is 5.75 Å². The van der Waals surface area contributed by atoms with Gasteiger partial charge >= 0.3 is 0 Å². The van der Waals surface area contributed by atoms with Gasteiger partial charge in [-0.3, -0.25) is 0 Å². The van der Waals surface area contributed by atoms with E-state index in [0.29, 0.717) is 0 Å². The Hall–Kier alpha value is -0.985. The van der Waals surface area contributed by atoms with Gasteiger partial charge in [0.2, 0.25) is 0 Å². The molecule has 0 N–H and O–H groups in total. The van der Waals surface area contributed by atoms with Crippen molar-refractivity contribution >= 4 is 13.3 Å². The van der Waals surface area contributed by atoms with E-state index in [0.717, 1.165) is 11.2 Å². The number of hydrogen-bond donors (Lipinski definition) is 0. The van der Waals surface area contributed by atoms with Crippen molar-refractivity contribution in [1.82, 2.24) is 0 Å². The normalized spacial score (nSPS) is 10.3. The summed E-state index contributed by atoms with van der Waals surface area (Å²) in [7, 11) is 1.83. The zero-order valence-corrected chi connectivity index (χ0v) is 7.60. The minimum Gasteiger partial charge on any atom is -0.492 e. The Morgan fingerprint density at radius 3 is 2.58 bits per heavy atom. The number of rotatable bonds is 2. The van der Waals surface area contributed by atoms with E-state index in [4.69, 9.17) is 4.74 Å². The predicted octanol–water partition coefficient (Wildman–Crippen LogP) is 0.871. The van der Waals surface area contributed by atoms with Crippen molar-refractivity contribution in [2.45, 2.75) is 20.0 Å². The molecule has 0 bridgehead atoms. The first-order chi connectivity index (χ1) is 5.59. The first-order valence-electron chi connectivity index (χ1n) is 4.02. The molecule has 1 nitrogen and oxygen atoms in total. The number of hydrogen-bond acceptors (Lipinski definition) is 1. The van der Waals surface area contributed by atoms with E-state index in [2.05, 4.69) is 0 Å². The van der Waals surface area contributed by atoms with E-state index in [9.17, 15) is 4.39 Å². The summed E-state index contributed by atoms with van der Waals surface area (Å²) in [4.78, 5) is 0. The van der Waals surface area contributed by atoms with Gasteiger partial charge in [0.15, 0.2) is 0 Å². The summed E-state index contributed by atoms with van der Waals surface area (Å²) < 4.78 is 18.1. The lowest BCUT2D eigenvalue weighted by Gasteiger charge is -2.11. The van der Waals surface area contributed by atoms with Crippen LogP contribution < -0.4 is 10.2 Å². The molecule has 0 saturated carbocycles. The van der Waals surface area contributed by atoms with E-state index in [1.165, 1.54) is 12.1 Å². The molecule has 0 amide bonds. The topological polar surface area (TPSA) is 9.23 Å². The Bertz CT molecular complexity index is 273. The van der Waals surface area contributed by atoms with E-state index >= 15 is 0 Å². The van der Waals surface area contributed by atoms with Crippen LogP contribution in [0.5, 0.6) is 5.75 Å². The van der Waals surface area contributed by atoms with Gasteiger partial charge < -0.3 is 4.74 Å². The SMILES string of the molecule is Bc1cc(F)ccc1OC(C)C. The minimum absolute atomic E-state index is 0.133. The van der Waals surface area contributed by atoms with Crippen molar-refractivity contribution in [2.24, 2.45) is 0 Å². The van der Waals surface area contributed by atoms with Gasteiger partial charge in [-0.1, -0.05) is 0 Å². The maximum absolute atomic E-state index is 12.6. The van der Waals surface area contributed by atoms with E-state index in [1.54, 1.807) is 6.07 Å². The summed E-state index contributed by atoms with van der Waals surface area (Å²) in [5.41, 5.74) is 0.837. The summed E-state index contributed by atoms with van der Waals surface area (Å²) in [6.07, 6.45) is 0.133. The molecule has 1 rings (SSSR count). The van der Waals surface area contributed by atoms with Crippen LogP contribution >= 0.6 is 0 Å². The van der Waals surface area contributed by atoms with Crippen molar-refractivity contribution in [3.63, 3.8) is 0 Å². The Labute approximate surface area is 73.0 Å². The summed E-state index contributed by atoms with van der Waals surface area (Å²) in [5.74, 6) is 0.537. The van der Waals surface area contributed by atoms with E-state index in [1.807, 2.05) is 21.7 Å². The molecule has 0 unspecified atom stereocenters. The average molecular weight is 166 g/mol. The molecule has 1 aromatic carbocycles. The van der Waals surface area contributed by atoms with Crippen LogP contribution in [0, 0.1) is 5.82 Å². The molecule has 0 aliphatic carbocycles. The fraction of sp³-hybridized carbons (Fsp3) is 0.333. The fourth-order valence-electron chi connectivity index (χ4n) is 0.999. The van der Waals surface area contributed by atoms with Crippen molar-refractivity contribution in [1.29, 1.82) is 0 Å². The second-order valence-corrected chi connectivity index (χ2v) is 3.08. The van der Waals surface area contributed by atoms with Crippen molar-refractivity contribution < 1.29 is 9.13 Å². The molecule has 0 saturated heterocycles. The Morgan fingerprint density at radius 1 is 1.42 bits per heavy atom. The smallest absolute Gasteiger partial charge is 0.144 e. The summed E-state index contributed by atoms with van der Waals surface area (Å²) in [5, 5.41) is 0. The summed E-state index contributed by atoms with van der Waals surface area (Å²) in [6, 6.07) is 4.53. The lowest BCUT2D eigenvalue weighted by Crippen LogP contribution is -2.14. The second-order valence-electron chi connectivity index (χ2n) is 3.08. The van der Waals surface area contributed by atoms with Crippen molar-refractivity contribution in [3.05, 3.63) is 24.0 Å². The van der Waals surface area contributed by atoms with Crippen LogP contribution in [0.25, 0.3) is 0 Å². The zero-order valence-electron chi connectivity index (χ0n) is 7.60. The third-order valence-corrected chi connectivity index (χ3v) is 1.50. The van der Waals surface area contributed by atoms with Crippen LogP contribution in [-0.2, 0) is 0 Å². The van der Waals surface area contributed by atoms with Crippen LogP contribution in [0.2, 0.25) is 0 Å². The van der Waals surface area contributed by atoms with Crippen LogP contribution in [-0.4, -0.2) is 14.0 Å². The number of benzene rings is 1. The van der Waals surface area contributed by atoms with Crippen LogP contribution in [0.1, 0.15) is 13.8 Å². The first kappa shape index (κ1) is 9.11. The quantitative estimate of drug-likeness (QED) is 0.592. The van der Waals surface area contributed by atoms with Gasteiger partial charge in [-0.15, -0.1) is 0 Å². The molecular weight excluding hydrogens is 154 g/mol. The Morgan fingerprint density at radius 2 is 2.08 bits per heavy atom. The second kappa shape index (κ2) is 3.61. The molecule has 0 spiro atoms. The fourth-order valence-corrected chi connectivity index (χ4v) is 0.999. The molecule has 0 aliphatic heterocycles. The number of ether oxygens (including phenoxy) is 1. The monoisotopic (exact) mass is 166 g/mol. The molecule has 3 heteroatoms. The largest absolute Gasteiger partial charge is 0.492 e.